The van der Waals surface area contributed by atoms with Crippen LogP contribution in [0.4, 0.5) is 10.1 Å². The Balaban J connectivity index is 2.15. The first-order chi connectivity index (χ1) is 8.58. The van der Waals surface area contributed by atoms with Crippen molar-refractivity contribution in [1.29, 1.82) is 0 Å². The van der Waals surface area contributed by atoms with E-state index >= 15 is 0 Å². The van der Waals surface area contributed by atoms with E-state index in [1.807, 2.05) is 17.5 Å². The number of nitrogens with two attached hydrogens (primary N) is 1. The van der Waals surface area contributed by atoms with Gasteiger partial charge in [0, 0.05) is 17.6 Å². The molecule has 0 bridgehead atoms. The number of halogens is 1. The van der Waals surface area contributed by atoms with E-state index in [9.17, 15) is 9.18 Å². The number of thiophene rings is 1. The number of rotatable bonds is 3. The SMILES string of the molecule is CN(Cc1cccs1)C(=O)c1ccc(F)cc1N. The quantitative estimate of drug-likeness (QED) is 0.866. The van der Waals surface area contributed by atoms with E-state index in [-0.39, 0.29) is 11.6 Å². The van der Waals surface area contributed by atoms with Crippen LogP contribution >= 0.6 is 11.3 Å². The Kier molecular flexibility index (Phi) is 3.62. The lowest BCUT2D eigenvalue weighted by atomic mass is 10.1. The lowest BCUT2D eigenvalue weighted by Gasteiger charge is -2.17. The summed E-state index contributed by atoms with van der Waals surface area (Å²) in [6, 6.07) is 7.71. The van der Waals surface area contributed by atoms with Gasteiger partial charge in [-0.2, -0.15) is 0 Å². The normalized spacial score (nSPS) is 10.3. The summed E-state index contributed by atoms with van der Waals surface area (Å²) >= 11 is 1.59. The Bertz CT molecular complexity index is 554. The molecule has 1 heterocycles. The fraction of sp³-hybridized carbons (Fsp3) is 0.154. The third kappa shape index (κ3) is 2.68. The van der Waals surface area contributed by atoms with E-state index in [4.69, 9.17) is 5.73 Å². The maximum atomic E-state index is 12.9. The number of carbonyl (C=O) groups is 1. The van der Waals surface area contributed by atoms with Crippen LogP contribution in [0.1, 0.15) is 15.2 Å². The second kappa shape index (κ2) is 5.18. The van der Waals surface area contributed by atoms with Crippen molar-refractivity contribution in [2.45, 2.75) is 6.54 Å². The van der Waals surface area contributed by atoms with Crippen molar-refractivity contribution >= 4 is 22.9 Å². The van der Waals surface area contributed by atoms with Crippen molar-refractivity contribution in [3.05, 3.63) is 52.0 Å². The molecule has 0 aliphatic rings. The Morgan fingerprint density at radius 2 is 2.22 bits per heavy atom. The Hall–Kier alpha value is -1.88. The summed E-state index contributed by atoms with van der Waals surface area (Å²) in [5, 5.41) is 1.96. The molecular weight excluding hydrogens is 251 g/mol. The lowest BCUT2D eigenvalue weighted by molar-refractivity contribution is 0.0787. The number of benzene rings is 1. The average molecular weight is 264 g/mol. The fourth-order valence-electron chi connectivity index (χ4n) is 1.64. The van der Waals surface area contributed by atoms with Gasteiger partial charge in [0.2, 0.25) is 0 Å². The van der Waals surface area contributed by atoms with Crippen molar-refractivity contribution in [3.8, 4) is 0 Å². The highest BCUT2D eigenvalue weighted by molar-refractivity contribution is 7.09. The molecule has 0 aliphatic heterocycles. The molecule has 0 unspecified atom stereocenters. The fourth-order valence-corrected chi connectivity index (χ4v) is 2.40. The minimum Gasteiger partial charge on any atom is -0.398 e. The monoisotopic (exact) mass is 264 g/mol. The molecule has 1 aromatic heterocycles. The molecule has 0 aliphatic carbocycles. The zero-order chi connectivity index (χ0) is 13.1. The van der Waals surface area contributed by atoms with E-state index in [0.717, 1.165) is 10.9 Å². The van der Waals surface area contributed by atoms with Gasteiger partial charge >= 0.3 is 0 Å². The molecule has 0 fully saturated rings. The van der Waals surface area contributed by atoms with Crippen LogP contribution in [0, 0.1) is 5.82 Å². The van der Waals surface area contributed by atoms with Gasteiger partial charge in [-0.05, 0) is 29.6 Å². The number of hydrogen-bond donors (Lipinski definition) is 1. The molecule has 1 amide bonds. The molecule has 18 heavy (non-hydrogen) atoms. The first-order valence-electron chi connectivity index (χ1n) is 5.41. The maximum absolute atomic E-state index is 12.9. The van der Waals surface area contributed by atoms with Crippen LogP contribution < -0.4 is 5.73 Å². The summed E-state index contributed by atoms with van der Waals surface area (Å²) < 4.78 is 12.9. The van der Waals surface area contributed by atoms with E-state index < -0.39 is 5.82 Å². The predicted octanol–water partition coefficient (Wildman–Crippen LogP) is 2.74. The van der Waals surface area contributed by atoms with Crippen LogP contribution in [-0.2, 0) is 6.54 Å². The highest BCUT2D eigenvalue weighted by Crippen LogP contribution is 2.17. The Morgan fingerprint density at radius 1 is 1.44 bits per heavy atom. The van der Waals surface area contributed by atoms with Gasteiger partial charge in [0.15, 0.2) is 0 Å². The average Bonchev–Trinajstić information content (AvgIpc) is 2.81. The van der Waals surface area contributed by atoms with Crippen molar-refractivity contribution in [2.75, 3.05) is 12.8 Å². The number of amides is 1. The zero-order valence-corrected chi connectivity index (χ0v) is 10.7. The molecule has 0 radical (unpaired) electrons. The summed E-state index contributed by atoms with van der Waals surface area (Å²) in [4.78, 5) is 14.8. The van der Waals surface area contributed by atoms with Crippen molar-refractivity contribution in [1.82, 2.24) is 4.90 Å². The zero-order valence-electron chi connectivity index (χ0n) is 9.89. The maximum Gasteiger partial charge on any atom is 0.256 e. The van der Waals surface area contributed by atoms with Gasteiger partial charge in [0.05, 0.1) is 12.1 Å². The predicted molar refractivity (Wildman–Crippen MR) is 70.9 cm³/mol. The van der Waals surface area contributed by atoms with E-state index in [1.165, 1.54) is 12.1 Å². The summed E-state index contributed by atoms with van der Waals surface area (Å²) in [6.45, 7) is 0.521. The van der Waals surface area contributed by atoms with Gasteiger partial charge < -0.3 is 10.6 Å². The van der Waals surface area contributed by atoms with Gasteiger partial charge in [0.25, 0.3) is 5.91 Å². The first kappa shape index (κ1) is 12.6. The molecule has 5 heteroatoms. The molecule has 0 spiro atoms. The highest BCUT2D eigenvalue weighted by atomic mass is 32.1. The smallest absolute Gasteiger partial charge is 0.256 e. The summed E-state index contributed by atoms with van der Waals surface area (Å²) in [5.41, 5.74) is 6.14. The summed E-state index contributed by atoms with van der Waals surface area (Å²) in [7, 11) is 1.70. The lowest BCUT2D eigenvalue weighted by Crippen LogP contribution is -2.26. The molecule has 3 nitrogen and oxygen atoms in total. The van der Waals surface area contributed by atoms with Crippen molar-refractivity contribution in [3.63, 3.8) is 0 Å². The minimum absolute atomic E-state index is 0.165. The van der Waals surface area contributed by atoms with Gasteiger partial charge in [-0.15, -0.1) is 11.3 Å². The number of nitrogens with zero attached hydrogens (tertiary/aromatic N) is 1. The summed E-state index contributed by atoms with van der Waals surface area (Å²) in [5.74, 6) is -0.647. The molecule has 94 valence electrons. The standard InChI is InChI=1S/C13H13FN2OS/c1-16(8-10-3-2-6-18-10)13(17)11-5-4-9(14)7-12(11)15/h2-7H,8,15H2,1H3. The highest BCUT2D eigenvalue weighted by Gasteiger charge is 2.15. The second-order valence-corrected chi connectivity index (χ2v) is 5.00. The molecule has 0 atom stereocenters. The molecule has 1 aromatic carbocycles. The van der Waals surface area contributed by atoms with Crippen LogP contribution in [-0.4, -0.2) is 17.9 Å². The van der Waals surface area contributed by atoms with Crippen LogP contribution in [0.2, 0.25) is 0 Å². The first-order valence-corrected chi connectivity index (χ1v) is 6.29. The third-order valence-electron chi connectivity index (χ3n) is 2.56. The van der Waals surface area contributed by atoms with Crippen LogP contribution in [0.25, 0.3) is 0 Å². The topological polar surface area (TPSA) is 46.3 Å². The molecule has 2 N–H and O–H groups in total. The Labute approximate surface area is 109 Å². The number of hydrogen-bond acceptors (Lipinski definition) is 3. The van der Waals surface area contributed by atoms with Crippen molar-refractivity contribution in [2.24, 2.45) is 0 Å². The van der Waals surface area contributed by atoms with Crippen LogP contribution in [0.5, 0.6) is 0 Å². The number of carbonyl (C=O) groups excluding carboxylic acids is 1. The molecule has 2 rings (SSSR count). The largest absolute Gasteiger partial charge is 0.398 e. The van der Waals surface area contributed by atoms with Crippen LogP contribution in [0.15, 0.2) is 35.7 Å². The van der Waals surface area contributed by atoms with E-state index in [0.29, 0.717) is 12.1 Å². The second-order valence-electron chi connectivity index (χ2n) is 3.97. The van der Waals surface area contributed by atoms with Crippen LogP contribution in [0.3, 0.4) is 0 Å². The third-order valence-corrected chi connectivity index (χ3v) is 3.42. The van der Waals surface area contributed by atoms with Gasteiger partial charge in [0.1, 0.15) is 5.82 Å². The minimum atomic E-state index is -0.440. The van der Waals surface area contributed by atoms with Gasteiger partial charge in [-0.25, -0.2) is 4.39 Å². The number of nitrogen functional groups attached to an aromatic ring is 1. The van der Waals surface area contributed by atoms with E-state index in [2.05, 4.69) is 0 Å². The molecule has 0 saturated carbocycles. The van der Waals surface area contributed by atoms with E-state index in [1.54, 1.807) is 23.3 Å². The molecule has 0 saturated heterocycles. The molecule has 2 aromatic rings. The Morgan fingerprint density at radius 3 is 2.83 bits per heavy atom. The van der Waals surface area contributed by atoms with Crippen molar-refractivity contribution < 1.29 is 9.18 Å². The molecular formula is C13H13FN2OS. The number of anilines is 1. The summed E-state index contributed by atoms with van der Waals surface area (Å²) in [6.07, 6.45) is 0. The van der Waals surface area contributed by atoms with Gasteiger partial charge in [-0.1, -0.05) is 6.07 Å². The van der Waals surface area contributed by atoms with Gasteiger partial charge in [-0.3, -0.25) is 4.79 Å².